The molecule has 3 nitrogen and oxygen atoms in total. The van der Waals surface area contributed by atoms with Crippen LogP contribution in [0.2, 0.25) is 0 Å². The molecule has 2 unspecified atom stereocenters. The minimum atomic E-state index is 0.219. The fourth-order valence-corrected chi connectivity index (χ4v) is 2.63. The highest BCUT2D eigenvalue weighted by molar-refractivity contribution is 5.25. The SMILES string of the molecule is CCCNCC1CCCOC1c1cnccc1C. The van der Waals surface area contributed by atoms with Gasteiger partial charge in [0.05, 0.1) is 6.10 Å². The van der Waals surface area contributed by atoms with Gasteiger partial charge in [0.25, 0.3) is 0 Å². The van der Waals surface area contributed by atoms with Crippen LogP contribution in [-0.2, 0) is 4.74 Å². The maximum Gasteiger partial charge on any atom is 0.0882 e. The van der Waals surface area contributed by atoms with Gasteiger partial charge < -0.3 is 10.1 Å². The second-order valence-electron chi connectivity index (χ2n) is 5.13. The van der Waals surface area contributed by atoms with Crippen LogP contribution in [0.4, 0.5) is 0 Å². The predicted octanol–water partition coefficient (Wildman–Crippen LogP) is 2.86. The Hall–Kier alpha value is -0.930. The number of aryl methyl sites for hydroxylation is 1. The third-order valence-corrected chi connectivity index (χ3v) is 3.66. The summed E-state index contributed by atoms with van der Waals surface area (Å²) in [5, 5.41) is 3.52. The fourth-order valence-electron chi connectivity index (χ4n) is 2.63. The molecule has 1 saturated heterocycles. The molecular weight excluding hydrogens is 224 g/mol. The van der Waals surface area contributed by atoms with Crippen molar-refractivity contribution < 1.29 is 4.74 Å². The molecule has 1 aliphatic rings. The Morgan fingerprint density at radius 2 is 2.39 bits per heavy atom. The highest BCUT2D eigenvalue weighted by atomic mass is 16.5. The van der Waals surface area contributed by atoms with Crippen molar-refractivity contribution in [2.24, 2.45) is 5.92 Å². The first-order chi connectivity index (χ1) is 8.83. The molecule has 1 N–H and O–H groups in total. The first kappa shape index (κ1) is 13.5. The van der Waals surface area contributed by atoms with Crippen LogP contribution in [0.3, 0.4) is 0 Å². The van der Waals surface area contributed by atoms with E-state index in [0.29, 0.717) is 5.92 Å². The van der Waals surface area contributed by atoms with Crippen molar-refractivity contribution in [1.29, 1.82) is 0 Å². The summed E-state index contributed by atoms with van der Waals surface area (Å²) in [6, 6.07) is 2.07. The van der Waals surface area contributed by atoms with E-state index in [1.807, 2.05) is 12.4 Å². The van der Waals surface area contributed by atoms with Gasteiger partial charge in [0.2, 0.25) is 0 Å². The van der Waals surface area contributed by atoms with E-state index in [1.165, 1.54) is 30.4 Å². The van der Waals surface area contributed by atoms with Crippen molar-refractivity contribution >= 4 is 0 Å². The minimum absolute atomic E-state index is 0.219. The topological polar surface area (TPSA) is 34.1 Å². The van der Waals surface area contributed by atoms with Gasteiger partial charge in [-0.2, -0.15) is 0 Å². The van der Waals surface area contributed by atoms with Crippen molar-refractivity contribution in [1.82, 2.24) is 10.3 Å². The van der Waals surface area contributed by atoms with Gasteiger partial charge in [0, 0.05) is 37.0 Å². The molecule has 2 atom stereocenters. The zero-order valence-corrected chi connectivity index (χ0v) is 11.5. The Morgan fingerprint density at radius 3 is 3.17 bits per heavy atom. The predicted molar refractivity (Wildman–Crippen MR) is 73.6 cm³/mol. The fraction of sp³-hybridized carbons (Fsp3) is 0.667. The molecule has 1 aliphatic heterocycles. The molecule has 0 aromatic carbocycles. The van der Waals surface area contributed by atoms with Gasteiger partial charge in [0.15, 0.2) is 0 Å². The molecule has 18 heavy (non-hydrogen) atoms. The molecule has 0 amide bonds. The summed E-state index contributed by atoms with van der Waals surface area (Å²) in [5.74, 6) is 0.577. The first-order valence-corrected chi connectivity index (χ1v) is 7.05. The number of nitrogens with one attached hydrogen (secondary N) is 1. The number of ether oxygens (including phenoxy) is 1. The van der Waals surface area contributed by atoms with E-state index in [4.69, 9.17) is 4.74 Å². The standard InChI is InChI=1S/C15H24N2O/c1-3-7-16-10-13-5-4-9-18-15(13)14-11-17-8-6-12(14)2/h6,8,11,13,15-16H,3-5,7,9-10H2,1-2H3. The molecule has 0 bridgehead atoms. The summed E-state index contributed by atoms with van der Waals surface area (Å²) in [6.07, 6.45) is 7.65. The maximum absolute atomic E-state index is 6.01. The van der Waals surface area contributed by atoms with Gasteiger partial charge in [-0.3, -0.25) is 4.98 Å². The van der Waals surface area contributed by atoms with Crippen molar-refractivity contribution in [3.8, 4) is 0 Å². The van der Waals surface area contributed by atoms with Crippen LogP contribution < -0.4 is 5.32 Å². The first-order valence-electron chi connectivity index (χ1n) is 7.05. The van der Waals surface area contributed by atoms with Crippen molar-refractivity contribution in [3.63, 3.8) is 0 Å². The monoisotopic (exact) mass is 248 g/mol. The summed E-state index contributed by atoms with van der Waals surface area (Å²) in [5.41, 5.74) is 2.55. The smallest absolute Gasteiger partial charge is 0.0882 e. The lowest BCUT2D eigenvalue weighted by molar-refractivity contribution is -0.0282. The third-order valence-electron chi connectivity index (χ3n) is 3.66. The second-order valence-corrected chi connectivity index (χ2v) is 5.13. The van der Waals surface area contributed by atoms with Gasteiger partial charge in [-0.1, -0.05) is 6.92 Å². The molecule has 3 heteroatoms. The van der Waals surface area contributed by atoms with Crippen molar-refractivity contribution in [2.75, 3.05) is 19.7 Å². The summed E-state index contributed by atoms with van der Waals surface area (Å²) >= 11 is 0. The Labute approximate surface area is 110 Å². The lowest BCUT2D eigenvalue weighted by Crippen LogP contribution is -2.32. The van der Waals surface area contributed by atoms with Gasteiger partial charge in [-0.05, 0) is 44.4 Å². The van der Waals surface area contributed by atoms with Crippen LogP contribution in [0, 0.1) is 12.8 Å². The van der Waals surface area contributed by atoms with E-state index in [1.54, 1.807) is 0 Å². The lowest BCUT2D eigenvalue weighted by Gasteiger charge is -2.33. The Balaban J connectivity index is 2.05. The molecule has 0 spiro atoms. The Morgan fingerprint density at radius 1 is 1.50 bits per heavy atom. The molecule has 2 heterocycles. The number of hydrogen-bond donors (Lipinski definition) is 1. The molecule has 1 fully saturated rings. The molecule has 0 radical (unpaired) electrons. The molecule has 2 rings (SSSR count). The summed E-state index contributed by atoms with van der Waals surface area (Å²) in [6.45, 7) is 7.37. The van der Waals surface area contributed by atoms with Crippen molar-refractivity contribution in [3.05, 3.63) is 29.6 Å². The highest BCUT2D eigenvalue weighted by Gasteiger charge is 2.28. The number of pyridine rings is 1. The molecule has 0 aliphatic carbocycles. The van der Waals surface area contributed by atoms with E-state index in [-0.39, 0.29) is 6.10 Å². The maximum atomic E-state index is 6.01. The largest absolute Gasteiger partial charge is 0.373 e. The number of aromatic nitrogens is 1. The second kappa shape index (κ2) is 6.86. The molecule has 1 aromatic rings. The average Bonchev–Trinajstić information content (AvgIpc) is 2.40. The molecule has 100 valence electrons. The van der Waals surface area contributed by atoms with Gasteiger partial charge in [-0.25, -0.2) is 0 Å². The molecular formula is C15H24N2O. The van der Waals surface area contributed by atoms with Gasteiger partial charge in [-0.15, -0.1) is 0 Å². The lowest BCUT2D eigenvalue weighted by atomic mass is 9.88. The van der Waals surface area contributed by atoms with Gasteiger partial charge in [0.1, 0.15) is 0 Å². The number of hydrogen-bond acceptors (Lipinski definition) is 3. The Bertz CT molecular complexity index is 367. The van der Waals surface area contributed by atoms with E-state index >= 15 is 0 Å². The average molecular weight is 248 g/mol. The van der Waals surface area contributed by atoms with Crippen LogP contribution in [0.1, 0.15) is 43.4 Å². The zero-order chi connectivity index (χ0) is 12.8. The summed E-state index contributed by atoms with van der Waals surface area (Å²) in [7, 11) is 0. The van der Waals surface area contributed by atoms with Crippen LogP contribution in [-0.4, -0.2) is 24.7 Å². The normalized spacial score (nSPS) is 24.1. The van der Waals surface area contributed by atoms with E-state index in [0.717, 1.165) is 19.7 Å². The molecule has 1 aromatic heterocycles. The summed E-state index contributed by atoms with van der Waals surface area (Å²) in [4.78, 5) is 4.25. The highest BCUT2D eigenvalue weighted by Crippen LogP contribution is 2.34. The van der Waals surface area contributed by atoms with E-state index in [2.05, 4.69) is 30.2 Å². The quantitative estimate of drug-likeness (QED) is 0.814. The van der Waals surface area contributed by atoms with Crippen LogP contribution >= 0.6 is 0 Å². The summed E-state index contributed by atoms with van der Waals surface area (Å²) < 4.78 is 6.01. The molecule has 0 saturated carbocycles. The van der Waals surface area contributed by atoms with E-state index in [9.17, 15) is 0 Å². The number of nitrogens with zero attached hydrogens (tertiary/aromatic N) is 1. The van der Waals surface area contributed by atoms with E-state index < -0.39 is 0 Å². The van der Waals surface area contributed by atoms with Crippen LogP contribution in [0.25, 0.3) is 0 Å². The third kappa shape index (κ3) is 3.30. The Kier molecular flexibility index (Phi) is 5.14. The van der Waals surface area contributed by atoms with Crippen LogP contribution in [0.5, 0.6) is 0 Å². The minimum Gasteiger partial charge on any atom is -0.373 e. The van der Waals surface area contributed by atoms with Gasteiger partial charge >= 0.3 is 0 Å². The van der Waals surface area contributed by atoms with Crippen molar-refractivity contribution in [2.45, 2.75) is 39.2 Å². The number of rotatable bonds is 5. The van der Waals surface area contributed by atoms with Crippen LogP contribution in [0.15, 0.2) is 18.5 Å². The zero-order valence-electron chi connectivity index (χ0n) is 11.5.